The van der Waals surface area contributed by atoms with Gasteiger partial charge in [-0.05, 0) is 0 Å². The number of carboxylic acids is 1. The monoisotopic (exact) mass is 520 g/mol. The number of hydrogen-bond acceptors (Lipinski definition) is 4. The Morgan fingerprint density at radius 3 is 1.42 bits per heavy atom. The number of rotatable bonds is 10. The van der Waals surface area contributed by atoms with Crippen molar-refractivity contribution in [1.29, 1.82) is 0 Å². The van der Waals surface area contributed by atoms with Gasteiger partial charge < -0.3 is 14.9 Å². The fourth-order valence-corrected chi connectivity index (χ4v) is 1.52. The lowest BCUT2D eigenvalue weighted by Gasteiger charge is -2.40. The van der Waals surface area contributed by atoms with Crippen molar-refractivity contribution >= 4 is 11.9 Å². The first-order valence-electron chi connectivity index (χ1n) is 7.65. The molecule has 0 radical (unpaired) electrons. The Morgan fingerprint density at radius 1 is 0.758 bits per heavy atom. The number of halogens is 13. The van der Waals surface area contributed by atoms with E-state index in [0.717, 1.165) is 6.08 Å². The van der Waals surface area contributed by atoms with Crippen molar-refractivity contribution in [2.24, 2.45) is 0 Å². The van der Waals surface area contributed by atoms with Gasteiger partial charge in [0.25, 0.3) is 0 Å². The number of ether oxygens (including phenoxy) is 1. The number of alkyl halides is 13. The van der Waals surface area contributed by atoms with Crippen molar-refractivity contribution < 1.29 is 81.6 Å². The van der Waals surface area contributed by atoms with Gasteiger partial charge in [-0.15, -0.1) is 0 Å². The molecule has 0 heterocycles. The maximum atomic E-state index is 13.4. The minimum absolute atomic E-state index is 0.382. The zero-order chi connectivity index (χ0) is 27.3. The van der Waals surface area contributed by atoms with E-state index >= 15 is 0 Å². The summed E-state index contributed by atoms with van der Waals surface area (Å²) in [5, 5.41) is 16.6. The van der Waals surface area contributed by atoms with Crippen molar-refractivity contribution in [2.45, 2.75) is 48.3 Å². The summed E-state index contributed by atoms with van der Waals surface area (Å²) in [5.74, 6) is -40.1. The molecule has 0 saturated heterocycles. The van der Waals surface area contributed by atoms with Crippen LogP contribution in [0.1, 0.15) is 6.42 Å². The molecule has 0 fully saturated rings. The molecule has 5 nitrogen and oxygen atoms in total. The van der Waals surface area contributed by atoms with E-state index in [9.17, 15) is 66.7 Å². The molecule has 18 heteroatoms. The van der Waals surface area contributed by atoms with Crippen LogP contribution in [0.4, 0.5) is 57.1 Å². The Kier molecular flexibility index (Phi) is 10.5. The van der Waals surface area contributed by atoms with Gasteiger partial charge in [0.15, 0.2) is 0 Å². The Labute approximate surface area is 175 Å². The fourth-order valence-electron chi connectivity index (χ4n) is 1.52. The van der Waals surface area contributed by atoms with E-state index in [4.69, 9.17) is 10.2 Å². The molecule has 33 heavy (non-hydrogen) atoms. The van der Waals surface area contributed by atoms with E-state index in [0.29, 0.717) is 6.08 Å². The first kappa shape index (κ1) is 32.6. The third-order valence-electron chi connectivity index (χ3n) is 3.25. The number of hydrogen-bond donors (Lipinski definition) is 2. The molecular weight excluding hydrogens is 507 g/mol. The molecule has 0 rings (SSSR count). The predicted octanol–water partition coefficient (Wildman–Crippen LogP) is 4.46. The van der Waals surface area contributed by atoms with E-state index in [2.05, 4.69) is 17.9 Å². The van der Waals surface area contributed by atoms with Crippen LogP contribution in [-0.4, -0.2) is 70.7 Å². The van der Waals surface area contributed by atoms with Gasteiger partial charge in [-0.2, -0.15) is 57.1 Å². The highest BCUT2D eigenvalue weighted by atomic mass is 19.4. The van der Waals surface area contributed by atoms with Gasteiger partial charge in [0.05, 0.1) is 6.10 Å². The highest BCUT2D eigenvalue weighted by Crippen LogP contribution is 2.60. The van der Waals surface area contributed by atoms with E-state index in [1.54, 1.807) is 0 Å². The van der Waals surface area contributed by atoms with Gasteiger partial charge in [-0.3, -0.25) is 0 Å². The zero-order valence-corrected chi connectivity index (χ0v) is 15.6. The lowest BCUT2D eigenvalue weighted by Crippen LogP contribution is -2.70. The fraction of sp³-hybridized carbons (Fsp3) is 0.600. The van der Waals surface area contributed by atoms with Gasteiger partial charge in [-0.25, -0.2) is 9.59 Å². The number of aliphatic hydroxyl groups excluding tert-OH is 1. The Morgan fingerprint density at radius 2 is 1.12 bits per heavy atom. The lowest BCUT2D eigenvalue weighted by atomic mass is 9.91. The summed E-state index contributed by atoms with van der Waals surface area (Å²) < 4.78 is 170. The van der Waals surface area contributed by atoms with Crippen molar-refractivity contribution in [3.05, 3.63) is 25.3 Å². The molecule has 194 valence electrons. The minimum Gasteiger partial charge on any atom is -0.478 e. The van der Waals surface area contributed by atoms with Crippen molar-refractivity contribution in [3.63, 3.8) is 0 Å². The van der Waals surface area contributed by atoms with E-state index in [-0.39, 0.29) is 0 Å². The second-order valence-corrected chi connectivity index (χ2v) is 5.73. The van der Waals surface area contributed by atoms with Crippen molar-refractivity contribution in [3.8, 4) is 0 Å². The maximum Gasteiger partial charge on any atom is 0.460 e. The Balaban J connectivity index is 0. The van der Waals surface area contributed by atoms with Crippen LogP contribution >= 0.6 is 0 Å². The summed E-state index contributed by atoms with van der Waals surface area (Å²) >= 11 is 0. The minimum atomic E-state index is -8.01. The summed E-state index contributed by atoms with van der Waals surface area (Å²) in [4.78, 5) is 19.8. The van der Waals surface area contributed by atoms with Gasteiger partial charge in [0, 0.05) is 18.6 Å². The van der Waals surface area contributed by atoms with Crippen LogP contribution in [-0.2, 0) is 14.3 Å². The van der Waals surface area contributed by atoms with Crippen LogP contribution < -0.4 is 0 Å². The number of aliphatic carboxylic acids is 1. The molecule has 1 unspecified atom stereocenters. The molecule has 0 aliphatic carbocycles. The summed E-state index contributed by atoms with van der Waals surface area (Å²) in [6, 6.07) is 0. The second kappa shape index (κ2) is 10.6. The van der Waals surface area contributed by atoms with E-state index in [1.807, 2.05) is 0 Å². The predicted molar refractivity (Wildman–Crippen MR) is 80.4 cm³/mol. The van der Waals surface area contributed by atoms with Gasteiger partial charge in [0.1, 0.15) is 6.61 Å². The number of aliphatic hydroxyl groups is 1. The zero-order valence-electron chi connectivity index (χ0n) is 15.6. The summed E-state index contributed by atoms with van der Waals surface area (Å²) in [6.07, 6.45) is -12.1. The van der Waals surface area contributed by atoms with Crippen LogP contribution in [0.3, 0.4) is 0 Å². The molecule has 0 aliphatic heterocycles. The average molecular weight is 520 g/mol. The molecule has 0 bridgehead atoms. The summed E-state index contributed by atoms with van der Waals surface area (Å²) in [7, 11) is 0. The van der Waals surface area contributed by atoms with Crippen LogP contribution in [0.25, 0.3) is 0 Å². The first-order chi connectivity index (χ1) is 14.4. The molecule has 0 aliphatic rings. The largest absolute Gasteiger partial charge is 0.478 e. The summed E-state index contributed by atoms with van der Waals surface area (Å²) in [5.41, 5.74) is 0. The maximum absolute atomic E-state index is 13.4. The Hall–Kier alpha value is -2.53. The number of carbonyl (C=O) groups excluding carboxylic acids is 1. The molecular formula is C15H13F13O5. The van der Waals surface area contributed by atoms with Gasteiger partial charge in [0.2, 0.25) is 0 Å². The SMILES string of the molecule is C=CC(=O)O.C=CC(=O)OCC(O)CC(F)(F)C(F)(F)C(F)(F)C(F)(F)C(F)(F)C(F)(F)F. The average Bonchev–Trinajstić information content (AvgIpc) is 2.64. The summed E-state index contributed by atoms with van der Waals surface area (Å²) in [6.45, 7) is 4.17. The third kappa shape index (κ3) is 6.97. The van der Waals surface area contributed by atoms with Gasteiger partial charge >= 0.3 is 47.7 Å². The Bertz CT molecular complexity index is 715. The molecule has 0 aromatic rings. The topological polar surface area (TPSA) is 83.8 Å². The van der Waals surface area contributed by atoms with E-state index < -0.39 is 66.9 Å². The third-order valence-corrected chi connectivity index (χ3v) is 3.25. The van der Waals surface area contributed by atoms with Crippen molar-refractivity contribution in [1.82, 2.24) is 0 Å². The molecule has 0 amide bonds. The van der Waals surface area contributed by atoms with Crippen LogP contribution in [0.2, 0.25) is 0 Å². The molecule has 1 atom stereocenters. The van der Waals surface area contributed by atoms with E-state index in [1.165, 1.54) is 0 Å². The molecule has 0 saturated carbocycles. The molecule has 0 aromatic carbocycles. The van der Waals surface area contributed by atoms with Crippen molar-refractivity contribution in [2.75, 3.05) is 6.61 Å². The standard InChI is InChI=1S/C12H9F13O3.C3H4O2/c1-2-6(27)28-4-5(26)3-7(13,14)8(15,16)9(17,18)10(19,20)11(21,22)12(23,24)25;1-2-3(4)5/h2,5,26H,1,3-4H2;2H,1H2,(H,4,5). The number of carboxylic acid groups (broad SMARTS) is 1. The van der Waals surface area contributed by atoms with Gasteiger partial charge in [-0.1, -0.05) is 13.2 Å². The van der Waals surface area contributed by atoms with Crippen LogP contribution in [0.15, 0.2) is 25.3 Å². The molecule has 2 N–H and O–H groups in total. The second-order valence-electron chi connectivity index (χ2n) is 5.73. The molecule has 0 spiro atoms. The first-order valence-corrected chi connectivity index (χ1v) is 7.65. The van der Waals surface area contributed by atoms with Crippen LogP contribution in [0.5, 0.6) is 0 Å². The highest BCUT2D eigenvalue weighted by molar-refractivity contribution is 5.81. The highest BCUT2D eigenvalue weighted by Gasteiger charge is 2.90. The number of esters is 1. The smallest absolute Gasteiger partial charge is 0.460 e. The normalized spacial score (nSPS) is 14.5. The molecule has 0 aromatic heterocycles. The lowest BCUT2D eigenvalue weighted by molar-refractivity contribution is -0.440. The quantitative estimate of drug-likeness (QED) is 0.253. The van der Waals surface area contributed by atoms with Crippen LogP contribution in [0, 0.1) is 0 Å². The number of carbonyl (C=O) groups is 2.